The molecule has 1 aromatic rings. The topological polar surface area (TPSA) is 50.1 Å². The Morgan fingerprint density at radius 2 is 1.63 bits per heavy atom. The van der Waals surface area contributed by atoms with E-state index < -0.39 is 28.9 Å². The van der Waals surface area contributed by atoms with Crippen molar-refractivity contribution in [1.29, 1.82) is 5.26 Å². The Morgan fingerprint density at radius 1 is 1.04 bits per heavy atom. The summed E-state index contributed by atoms with van der Waals surface area (Å²) in [6, 6.07) is 3.84. The molecule has 2 saturated carbocycles. The molecule has 0 radical (unpaired) electrons. The zero-order valence-corrected chi connectivity index (χ0v) is 15.8. The number of halogens is 2. The predicted octanol–water partition coefficient (Wildman–Crippen LogP) is 5.76. The molecule has 0 saturated heterocycles. The number of hydrogen-bond acceptors (Lipinski definition) is 3. The van der Waals surface area contributed by atoms with Crippen molar-refractivity contribution in [2.45, 2.75) is 64.7 Å². The van der Waals surface area contributed by atoms with Crippen molar-refractivity contribution in [1.82, 2.24) is 0 Å². The maximum absolute atomic E-state index is 13.9. The highest BCUT2D eigenvalue weighted by molar-refractivity contribution is 5.75. The van der Waals surface area contributed by atoms with Crippen molar-refractivity contribution in [2.24, 2.45) is 23.7 Å². The standard InChI is InChI=1S/C22H27F2NO2/c1-2-14-3-5-15(6-4-14)16-7-9-17(10-8-16)22(26)27-19-12-11-18(13-25)20(23)21(19)24/h11-12,14-17H,2-10H2,1H3. The molecule has 0 heterocycles. The molecule has 2 aliphatic carbocycles. The van der Waals surface area contributed by atoms with E-state index in [9.17, 15) is 13.6 Å². The average Bonchev–Trinajstić information content (AvgIpc) is 2.72. The number of ether oxygens (including phenoxy) is 1. The van der Waals surface area contributed by atoms with Crippen molar-refractivity contribution in [3.8, 4) is 11.8 Å². The van der Waals surface area contributed by atoms with Gasteiger partial charge in [0, 0.05) is 0 Å². The van der Waals surface area contributed by atoms with Crippen molar-refractivity contribution >= 4 is 5.97 Å². The lowest BCUT2D eigenvalue weighted by atomic mass is 9.69. The number of hydrogen-bond donors (Lipinski definition) is 0. The van der Waals surface area contributed by atoms with Crippen LogP contribution < -0.4 is 4.74 Å². The van der Waals surface area contributed by atoms with Gasteiger partial charge in [-0.15, -0.1) is 0 Å². The summed E-state index contributed by atoms with van der Waals surface area (Å²) in [4.78, 5) is 12.4. The maximum atomic E-state index is 13.9. The fourth-order valence-electron chi connectivity index (χ4n) is 4.78. The molecule has 3 rings (SSSR count). The second kappa shape index (κ2) is 8.82. The molecule has 5 heteroatoms. The number of carbonyl (C=O) groups is 1. The van der Waals surface area contributed by atoms with E-state index in [1.807, 2.05) is 0 Å². The molecular formula is C22H27F2NO2. The largest absolute Gasteiger partial charge is 0.423 e. The van der Waals surface area contributed by atoms with Gasteiger partial charge in [-0.05, 0) is 68.4 Å². The van der Waals surface area contributed by atoms with Gasteiger partial charge in [-0.2, -0.15) is 9.65 Å². The summed E-state index contributed by atoms with van der Waals surface area (Å²) in [6.45, 7) is 2.27. The first-order valence-corrected chi connectivity index (χ1v) is 10.1. The molecule has 146 valence electrons. The average molecular weight is 375 g/mol. The normalized spacial score (nSPS) is 28.4. The van der Waals surface area contributed by atoms with Gasteiger partial charge in [0.1, 0.15) is 6.07 Å². The van der Waals surface area contributed by atoms with Crippen molar-refractivity contribution in [3.63, 3.8) is 0 Å². The minimum absolute atomic E-state index is 0.258. The summed E-state index contributed by atoms with van der Waals surface area (Å²) in [7, 11) is 0. The number of benzene rings is 1. The lowest BCUT2D eigenvalue weighted by Gasteiger charge is -2.37. The Kier molecular flexibility index (Phi) is 6.46. The predicted molar refractivity (Wildman–Crippen MR) is 97.9 cm³/mol. The molecular weight excluding hydrogens is 348 g/mol. The first-order valence-electron chi connectivity index (χ1n) is 10.1. The van der Waals surface area contributed by atoms with Crippen LogP contribution in [0.5, 0.6) is 5.75 Å². The third-order valence-corrected chi connectivity index (χ3v) is 6.62. The number of nitrogens with zero attached hydrogens (tertiary/aromatic N) is 1. The highest BCUT2D eigenvalue weighted by Crippen LogP contribution is 2.42. The van der Waals surface area contributed by atoms with E-state index in [0.717, 1.165) is 49.7 Å². The molecule has 27 heavy (non-hydrogen) atoms. The minimum Gasteiger partial charge on any atom is -0.423 e. The Labute approximate surface area is 159 Å². The molecule has 2 aliphatic rings. The Hall–Kier alpha value is -1.96. The van der Waals surface area contributed by atoms with E-state index in [4.69, 9.17) is 10.00 Å². The molecule has 0 N–H and O–H groups in total. The second-order valence-electron chi connectivity index (χ2n) is 8.07. The van der Waals surface area contributed by atoms with E-state index in [2.05, 4.69) is 6.92 Å². The maximum Gasteiger partial charge on any atom is 0.314 e. The van der Waals surface area contributed by atoms with E-state index in [1.54, 1.807) is 6.07 Å². The molecule has 3 nitrogen and oxygen atoms in total. The Morgan fingerprint density at radius 3 is 2.19 bits per heavy atom. The lowest BCUT2D eigenvalue weighted by molar-refractivity contribution is -0.140. The summed E-state index contributed by atoms with van der Waals surface area (Å²) in [5.74, 6) is -1.40. The van der Waals surface area contributed by atoms with Crippen molar-refractivity contribution in [2.75, 3.05) is 0 Å². The van der Waals surface area contributed by atoms with Crippen LogP contribution in [-0.2, 0) is 4.79 Å². The SMILES string of the molecule is CCC1CCC(C2CCC(C(=O)Oc3ccc(C#N)c(F)c3F)CC2)CC1. The molecule has 0 unspecified atom stereocenters. The molecule has 0 atom stereocenters. The summed E-state index contributed by atoms with van der Waals surface area (Å²) in [5, 5.41) is 8.72. The van der Waals surface area contributed by atoms with Gasteiger partial charge in [0.2, 0.25) is 5.82 Å². The zero-order valence-electron chi connectivity index (χ0n) is 15.8. The Bertz CT molecular complexity index is 712. The number of nitriles is 1. The summed E-state index contributed by atoms with van der Waals surface area (Å²) in [6.07, 6.45) is 10.0. The molecule has 0 spiro atoms. The van der Waals surface area contributed by atoms with Gasteiger partial charge < -0.3 is 4.74 Å². The molecule has 2 fully saturated rings. The van der Waals surface area contributed by atoms with E-state index >= 15 is 0 Å². The van der Waals surface area contributed by atoms with Crippen LogP contribution >= 0.6 is 0 Å². The number of esters is 1. The lowest BCUT2D eigenvalue weighted by Crippen LogP contribution is -2.30. The van der Waals surface area contributed by atoms with E-state index in [1.165, 1.54) is 32.1 Å². The quantitative estimate of drug-likeness (QED) is 0.496. The van der Waals surface area contributed by atoms with Crippen LogP contribution in [0.4, 0.5) is 8.78 Å². The second-order valence-corrected chi connectivity index (χ2v) is 8.07. The highest BCUT2D eigenvalue weighted by Gasteiger charge is 2.33. The van der Waals surface area contributed by atoms with Crippen LogP contribution in [0, 0.1) is 46.6 Å². The molecule has 0 aromatic heterocycles. The van der Waals surface area contributed by atoms with Crippen LogP contribution in [-0.4, -0.2) is 5.97 Å². The Balaban J connectivity index is 1.52. The summed E-state index contributed by atoms with van der Waals surface area (Å²) >= 11 is 0. The van der Waals surface area contributed by atoms with Gasteiger partial charge in [-0.25, -0.2) is 4.39 Å². The first-order chi connectivity index (χ1) is 13.0. The fourth-order valence-corrected chi connectivity index (χ4v) is 4.78. The first kappa shape index (κ1) is 19.8. The van der Waals surface area contributed by atoms with Gasteiger partial charge in [0.05, 0.1) is 11.5 Å². The number of rotatable bonds is 4. The van der Waals surface area contributed by atoms with Crippen LogP contribution in [0.25, 0.3) is 0 Å². The van der Waals surface area contributed by atoms with Gasteiger partial charge >= 0.3 is 5.97 Å². The van der Waals surface area contributed by atoms with Gasteiger partial charge in [-0.3, -0.25) is 4.79 Å². The third-order valence-electron chi connectivity index (χ3n) is 6.62. The van der Waals surface area contributed by atoms with Crippen LogP contribution in [0.15, 0.2) is 12.1 Å². The number of carbonyl (C=O) groups excluding carboxylic acids is 1. The molecule has 0 aliphatic heterocycles. The van der Waals surface area contributed by atoms with E-state index in [-0.39, 0.29) is 5.92 Å². The highest BCUT2D eigenvalue weighted by atomic mass is 19.2. The van der Waals surface area contributed by atoms with Crippen LogP contribution in [0.1, 0.15) is 70.3 Å². The third kappa shape index (κ3) is 4.48. The van der Waals surface area contributed by atoms with Crippen molar-refractivity contribution in [3.05, 3.63) is 29.3 Å². The van der Waals surface area contributed by atoms with Gasteiger partial charge in [0.25, 0.3) is 0 Å². The van der Waals surface area contributed by atoms with Crippen molar-refractivity contribution < 1.29 is 18.3 Å². The smallest absolute Gasteiger partial charge is 0.314 e. The monoisotopic (exact) mass is 375 g/mol. The zero-order chi connectivity index (χ0) is 19.4. The summed E-state index contributed by atoms with van der Waals surface area (Å²) < 4.78 is 32.7. The van der Waals surface area contributed by atoms with Crippen LogP contribution in [0.2, 0.25) is 0 Å². The fraction of sp³-hybridized carbons (Fsp3) is 0.636. The van der Waals surface area contributed by atoms with Gasteiger partial charge in [0.15, 0.2) is 11.6 Å². The summed E-state index contributed by atoms with van der Waals surface area (Å²) in [5.41, 5.74) is -0.398. The molecule has 0 amide bonds. The molecule has 0 bridgehead atoms. The minimum atomic E-state index is -1.27. The van der Waals surface area contributed by atoms with E-state index in [0.29, 0.717) is 5.92 Å². The van der Waals surface area contributed by atoms with Gasteiger partial charge in [-0.1, -0.05) is 26.2 Å². The molecule has 1 aromatic carbocycles. The van der Waals surface area contributed by atoms with Crippen LogP contribution in [0.3, 0.4) is 0 Å².